The fraction of sp³-hybridized carbons (Fsp3) is 0.0667. The summed E-state index contributed by atoms with van der Waals surface area (Å²) in [6, 6.07) is 8.26. The Morgan fingerprint density at radius 2 is 2.10 bits per heavy atom. The molecule has 0 saturated carbocycles. The Morgan fingerprint density at radius 3 is 2.85 bits per heavy atom. The Labute approximate surface area is 120 Å². The van der Waals surface area contributed by atoms with Crippen molar-refractivity contribution in [2.24, 2.45) is 0 Å². The van der Waals surface area contributed by atoms with E-state index in [1.165, 1.54) is 12.1 Å². The Morgan fingerprint density at radius 1 is 1.20 bits per heavy atom. The zero-order chi connectivity index (χ0) is 13.9. The molecule has 3 aromatic rings. The number of aromatic nitrogens is 3. The second kappa shape index (κ2) is 5.43. The van der Waals surface area contributed by atoms with Crippen molar-refractivity contribution >= 4 is 11.6 Å². The number of halogens is 2. The van der Waals surface area contributed by atoms with Crippen molar-refractivity contribution in [2.75, 3.05) is 0 Å². The van der Waals surface area contributed by atoms with Gasteiger partial charge in [0.2, 0.25) is 0 Å². The minimum absolute atomic E-state index is 0.357. The van der Waals surface area contributed by atoms with E-state index in [1.54, 1.807) is 24.7 Å². The third kappa shape index (κ3) is 2.70. The molecule has 0 saturated heterocycles. The SMILES string of the molecule is Fc1cc(Cl)cc(-c2nccn2Cc2cccnc2)c1. The summed E-state index contributed by atoms with van der Waals surface area (Å²) < 4.78 is 15.4. The first-order valence-electron chi connectivity index (χ1n) is 6.09. The second-order valence-electron chi connectivity index (χ2n) is 4.40. The van der Waals surface area contributed by atoms with Gasteiger partial charge in [0, 0.05) is 35.4 Å². The van der Waals surface area contributed by atoms with Crippen molar-refractivity contribution in [3.63, 3.8) is 0 Å². The van der Waals surface area contributed by atoms with Crippen molar-refractivity contribution in [2.45, 2.75) is 6.54 Å². The molecule has 20 heavy (non-hydrogen) atoms. The van der Waals surface area contributed by atoms with Gasteiger partial charge in [0.05, 0.1) is 6.54 Å². The maximum Gasteiger partial charge on any atom is 0.140 e. The molecular weight excluding hydrogens is 277 g/mol. The van der Waals surface area contributed by atoms with Gasteiger partial charge in [0.15, 0.2) is 0 Å². The van der Waals surface area contributed by atoms with Crippen molar-refractivity contribution < 1.29 is 4.39 Å². The predicted molar refractivity (Wildman–Crippen MR) is 76.0 cm³/mol. The smallest absolute Gasteiger partial charge is 0.140 e. The summed E-state index contributed by atoms with van der Waals surface area (Å²) in [6.45, 7) is 0.622. The van der Waals surface area contributed by atoms with Crippen LogP contribution in [0.15, 0.2) is 55.1 Å². The highest BCUT2D eigenvalue weighted by molar-refractivity contribution is 6.30. The Hall–Kier alpha value is -2.20. The molecule has 0 atom stereocenters. The minimum Gasteiger partial charge on any atom is -0.327 e. The van der Waals surface area contributed by atoms with Gasteiger partial charge >= 0.3 is 0 Å². The van der Waals surface area contributed by atoms with Crippen LogP contribution in [0, 0.1) is 5.82 Å². The van der Waals surface area contributed by atoms with E-state index in [0.29, 0.717) is 23.0 Å². The molecule has 2 aromatic heterocycles. The van der Waals surface area contributed by atoms with Crippen LogP contribution in [0.25, 0.3) is 11.4 Å². The van der Waals surface area contributed by atoms with Crippen LogP contribution in [0.3, 0.4) is 0 Å². The molecular formula is C15H11ClFN3. The van der Waals surface area contributed by atoms with Crippen LogP contribution in [-0.4, -0.2) is 14.5 Å². The number of pyridine rings is 1. The van der Waals surface area contributed by atoms with Crippen LogP contribution in [0.2, 0.25) is 5.02 Å². The number of nitrogens with zero attached hydrogens (tertiary/aromatic N) is 3. The van der Waals surface area contributed by atoms with Gasteiger partial charge in [-0.1, -0.05) is 17.7 Å². The lowest BCUT2D eigenvalue weighted by Crippen LogP contribution is -2.01. The van der Waals surface area contributed by atoms with Gasteiger partial charge in [-0.05, 0) is 29.8 Å². The molecule has 0 radical (unpaired) electrons. The highest BCUT2D eigenvalue weighted by atomic mass is 35.5. The van der Waals surface area contributed by atoms with Gasteiger partial charge in [-0.25, -0.2) is 9.37 Å². The summed E-state index contributed by atoms with van der Waals surface area (Å²) in [5.41, 5.74) is 1.71. The summed E-state index contributed by atoms with van der Waals surface area (Å²) in [5, 5.41) is 0.357. The van der Waals surface area contributed by atoms with Gasteiger partial charge in [-0.2, -0.15) is 0 Å². The third-order valence-electron chi connectivity index (χ3n) is 2.91. The molecule has 0 fully saturated rings. The zero-order valence-corrected chi connectivity index (χ0v) is 11.3. The molecule has 0 N–H and O–H groups in total. The molecule has 3 nitrogen and oxygen atoms in total. The molecule has 3 rings (SSSR count). The van der Waals surface area contributed by atoms with Gasteiger partial charge in [0.1, 0.15) is 11.6 Å². The highest BCUT2D eigenvalue weighted by Crippen LogP contribution is 2.23. The number of rotatable bonds is 3. The topological polar surface area (TPSA) is 30.7 Å². The fourth-order valence-electron chi connectivity index (χ4n) is 2.07. The van der Waals surface area contributed by atoms with Gasteiger partial charge in [-0.15, -0.1) is 0 Å². The predicted octanol–water partition coefficient (Wildman–Crippen LogP) is 3.79. The van der Waals surface area contributed by atoms with Gasteiger partial charge in [-0.3, -0.25) is 4.98 Å². The Balaban J connectivity index is 1.98. The number of benzene rings is 1. The Bertz CT molecular complexity index is 705. The van der Waals surface area contributed by atoms with Gasteiger partial charge in [0.25, 0.3) is 0 Å². The average molecular weight is 288 g/mol. The van der Waals surface area contributed by atoms with Crippen molar-refractivity contribution in [3.05, 3.63) is 71.5 Å². The van der Waals surface area contributed by atoms with Crippen molar-refractivity contribution in [3.8, 4) is 11.4 Å². The maximum absolute atomic E-state index is 13.4. The molecule has 0 bridgehead atoms. The molecule has 0 aliphatic rings. The fourth-order valence-corrected chi connectivity index (χ4v) is 2.29. The first kappa shape index (κ1) is 12.8. The van der Waals surface area contributed by atoms with Crippen LogP contribution >= 0.6 is 11.6 Å². The van der Waals surface area contributed by atoms with E-state index >= 15 is 0 Å². The maximum atomic E-state index is 13.4. The molecule has 5 heteroatoms. The van der Waals surface area contributed by atoms with Crippen LogP contribution in [0.5, 0.6) is 0 Å². The summed E-state index contributed by atoms with van der Waals surface area (Å²) in [6.07, 6.45) is 7.05. The van der Waals surface area contributed by atoms with E-state index in [4.69, 9.17) is 11.6 Å². The Kier molecular flexibility index (Phi) is 3.48. The van der Waals surface area contributed by atoms with E-state index in [1.807, 2.05) is 22.9 Å². The van der Waals surface area contributed by atoms with E-state index < -0.39 is 0 Å². The van der Waals surface area contributed by atoms with E-state index in [9.17, 15) is 4.39 Å². The molecule has 0 amide bonds. The third-order valence-corrected chi connectivity index (χ3v) is 3.13. The molecule has 0 aliphatic heterocycles. The lowest BCUT2D eigenvalue weighted by atomic mass is 10.2. The summed E-state index contributed by atoms with van der Waals surface area (Å²) in [7, 11) is 0. The lowest BCUT2D eigenvalue weighted by molar-refractivity contribution is 0.628. The normalized spacial score (nSPS) is 10.7. The highest BCUT2D eigenvalue weighted by Gasteiger charge is 2.09. The number of hydrogen-bond donors (Lipinski definition) is 0. The summed E-state index contributed by atoms with van der Waals surface area (Å²) in [5.74, 6) is 0.304. The van der Waals surface area contributed by atoms with E-state index in [2.05, 4.69) is 9.97 Å². The lowest BCUT2D eigenvalue weighted by Gasteiger charge is -2.08. The van der Waals surface area contributed by atoms with E-state index in [-0.39, 0.29) is 5.82 Å². The number of hydrogen-bond acceptors (Lipinski definition) is 2. The van der Waals surface area contributed by atoms with Gasteiger partial charge < -0.3 is 4.57 Å². The number of imidazole rings is 1. The molecule has 1 aromatic carbocycles. The molecule has 2 heterocycles. The first-order valence-corrected chi connectivity index (χ1v) is 6.47. The second-order valence-corrected chi connectivity index (χ2v) is 4.83. The first-order chi connectivity index (χ1) is 9.72. The zero-order valence-electron chi connectivity index (χ0n) is 10.5. The van der Waals surface area contributed by atoms with Crippen LogP contribution in [-0.2, 0) is 6.54 Å². The standard InChI is InChI=1S/C15H11ClFN3/c16-13-6-12(7-14(17)8-13)15-19-4-5-20(15)10-11-2-1-3-18-9-11/h1-9H,10H2. The van der Waals surface area contributed by atoms with E-state index in [0.717, 1.165) is 5.56 Å². The molecule has 0 unspecified atom stereocenters. The molecule has 0 aliphatic carbocycles. The summed E-state index contributed by atoms with van der Waals surface area (Å²) in [4.78, 5) is 8.36. The van der Waals surface area contributed by atoms with Crippen molar-refractivity contribution in [1.29, 1.82) is 0 Å². The quantitative estimate of drug-likeness (QED) is 0.734. The molecule has 100 valence electrons. The minimum atomic E-state index is -0.372. The van der Waals surface area contributed by atoms with Crippen LogP contribution in [0.4, 0.5) is 4.39 Å². The van der Waals surface area contributed by atoms with Crippen LogP contribution < -0.4 is 0 Å². The van der Waals surface area contributed by atoms with Crippen LogP contribution in [0.1, 0.15) is 5.56 Å². The van der Waals surface area contributed by atoms with Crippen molar-refractivity contribution in [1.82, 2.24) is 14.5 Å². The molecule has 0 spiro atoms. The average Bonchev–Trinajstić information content (AvgIpc) is 2.87. The summed E-state index contributed by atoms with van der Waals surface area (Å²) >= 11 is 5.89. The largest absolute Gasteiger partial charge is 0.327 e. The monoisotopic (exact) mass is 287 g/mol.